The van der Waals surface area contributed by atoms with Crippen molar-refractivity contribution in [1.29, 1.82) is 0 Å². The topological polar surface area (TPSA) is 61.5 Å². The first-order valence-electron chi connectivity index (χ1n) is 4.02. The summed E-state index contributed by atoms with van der Waals surface area (Å²) in [6.45, 7) is 0. The number of carbonyl (C=O) groups excluding carboxylic acids is 1. The minimum Gasteiger partial charge on any atom is -0.468 e. The largest absolute Gasteiger partial charge is 0.468 e. The van der Waals surface area contributed by atoms with E-state index in [4.69, 9.17) is 10.5 Å². The number of ether oxygens (including phenoxy) is 2. The molecule has 1 saturated carbocycles. The highest BCUT2D eigenvalue weighted by Crippen LogP contribution is 2.42. The van der Waals surface area contributed by atoms with Crippen molar-refractivity contribution in [3.05, 3.63) is 0 Å². The third kappa shape index (κ3) is 1.95. The van der Waals surface area contributed by atoms with Crippen LogP contribution in [0.15, 0.2) is 0 Å². The third-order valence-corrected chi connectivity index (χ3v) is 2.34. The molecule has 2 N–H and O–H groups in total. The summed E-state index contributed by atoms with van der Waals surface area (Å²) in [5.41, 5.74) is 5.44. The molecule has 0 radical (unpaired) electrons. The van der Waals surface area contributed by atoms with Crippen molar-refractivity contribution in [2.24, 2.45) is 5.73 Å². The molecule has 70 valence electrons. The van der Waals surface area contributed by atoms with Crippen LogP contribution in [-0.2, 0) is 14.3 Å². The molecule has 0 heterocycles. The summed E-state index contributed by atoms with van der Waals surface area (Å²) in [4.78, 5) is 10.9. The van der Waals surface area contributed by atoms with Crippen LogP contribution in [0.5, 0.6) is 0 Å². The predicted molar refractivity (Wildman–Crippen MR) is 43.6 cm³/mol. The van der Waals surface area contributed by atoms with E-state index in [2.05, 4.69) is 4.74 Å². The first kappa shape index (κ1) is 9.48. The Morgan fingerprint density at radius 3 is 2.50 bits per heavy atom. The molecule has 1 aliphatic carbocycles. The highest BCUT2D eigenvalue weighted by molar-refractivity contribution is 5.75. The molecule has 0 spiro atoms. The monoisotopic (exact) mass is 173 g/mol. The highest BCUT2D eigenvalue weighted by atomic mass is 16.5. The zero-order valence-electron chi connectivity index (χ0n) is 7.50. The summed E-state index contributed by atoms with van der Waals surface area (Å²) in [6.07, 6.45) is 2.55. The van der Waals surface area contributed by atoms with E-state index in [0.717, 1.165) is 12.8 Å². The van der Waals surface area contributed by atoms with E-state index in [1.807, 2.05) is 0 Å². The number of rotatable bonds is 4. The van der Waals surface area contributed by atoms with Gasteiger partial charge in [-0.2, -0.15) is 0 Å². The van der Waals surface area contributed by atoms with E-state index in [-0.39, 0.29) is 11.6 Å². The van der Waals surface area contributed by atoms with Crippen LogP contribution in [0.4, 0.5) is 0 Å². The zero-order valence-corrected chi connectivity index (χ0v) is 7.50. The van der Waals surface area contributed by atoms with Gasteiger partial charge >= 0.3 is 5.97 Å². The molecule has 0 saturated heterocycles. The molecule has 0 aromatic carbocycles. The summed E-state index contributed by atoms with van der Waals surface area (Å²) in [5, 5.41) is 0. The lowest BCUT2D eigenvalue weighted by molar-refractivity contribution is -0.143. The molecule has 1 aliphatic rings. The van der Waals surface area contributed by atoms with Crippen LogP contribution in [0.2, 0.25) is 0 Å². The normalized spacial score (nSPS) is 21.6. The van der Waals surface area contributed by atoms with Gasteiger partial charge in [0, 0.05) is 13.5 Å². The van der Waals surface area contributed by atoms with Gasteiger partial charge in [0.2, 0.25) is 0 Å². The second kappa shape index (κ2) is 3.41. The molecule has 0 bridgehead atoms. The summed E-state index contributed by atoms with van der Waals surface area (Å²) >= 11 is 0. The SMILES string of the molecule is COC(=O)[C@H](N)CC1(OC)CC1. The van der Waals surface area contributed by atoms with E-state index in [1.54, 1.807) is 7.11 Å². The van der Waals surface area contributed by atoms with Crippen molar-refractivity contribution in [2.75, 3.05) is 14.2 Å². The standard InChI is InChI=1S/C8H15NO3/c1-11-7(10)6(9)5-8(12-2)3-4-8/h6H,3-5,9H2,1-2H3/t6-/m1/s1. The second-order valence-corrected chi connectivity index (χ2v) is 3.22. The number of carbonyl (C=O) groups is 1. The molecule has 0 aromatic heterocycles. The second-order valence-electron chi connectivity index (χ2n) is 3.22. The average Bonchev–Trinajstić information content (AvgIpc) is 2.84. The van der Waals surface area contributed by atoms with E-state index in [1.165, 1.54) is 7.11 Å². The van der Waals surface area contributed by atoms with E-state index >= 15 is 0 Å². The predicted octanol–water partition coefficient (Wildman–Crippen LogP) is 0.0558. The van der Waals surface area contributed by atoms with Gasteiger partial charge in [-0.3, -0.25) is 4.79 Å². The summed E-state index contributed by atoms with van der Waals surface area (Å²) in [5.74, 6) is -0.363. The maximum atomic E-state index is 10.9. The molecule has 1 fully saturated rings. The fourth-order valence-electron chi connectivity index (χ4n) is 1.27. The molecular weight excluding hydrogens is 158 g/mol. The van der Waals surface area contributed by atoms with Crippen molar-refractivity contribution in [2.45, 2.75) is 30.9 Å². The van der Waals surface area contributed by atoms with Crippen molar-refractivity contribution >= 4 is 5.97 Å². The van der Waals surface area contributed by atoms with Crippen LogP contribution < -0.4 is 5.73 Å². The van der Waals surface area contributed by atoms with Gasteiger partial charge in [0.15, 0.2) is 0 Å². The fraction of sp³-hybridized carbons (Fsp3) is 0.875. The van der Waals surface area contributed by atoms with Gasteiger partial charge in [-0.1, -0.05) is 0 Å². The average molecular weight is 173 g/mol. The Morgan fingerprint density at radius 2 is 2.17 bits per heavy atom. The van der Waals surface area contributed by atoms with Gasteiger partial charge in [-0.25, -0.2) is 0 Å². The molecule has 4 heteroatoms. The molecule has 0 amide bonds. The summed E-state index contributed by atoms with van der Waals surface area (Å²) in [7, 11) is 2.99. The Kier molecular flexibility index (Phi) is 2.69. The Bertz CT molecular complexity index is 177. The Morgan fingerprint density at radius 1 is 1.58 bits per heavy atom. The lowest BCUT2D eigenvalue weighted by Gasteiger charge is -2.16. The number of hydrogen-bond donors (Lipinski definition) is 1. The molecule has 0 aromatic rings. The summed E-state index contributed by atoms with van der Waals surface area (Å²) < 4.78 is 9.74. The minimum atomic E-state index is -0.544. The van der Waals surface area contributed by atoms with Gasteiger partial charge in [0.05, 0.1) is 12.7 Å². The zero-order chi connectivity index (χ0) is 9.19. The van der Waals surface area contributed by atoms with Gasteiger partial charge in [0.25, 0.3) is 0 Å². The first-order chi connectivity index (χ1) is 5.63. The van der Waals surface area contributed by atoms with Crippen LogP contribution in [0.25, 0.3) is 0 Å². The maximum absolute atomic E-state index is 10.9. The number of esters is 1. The number of hydrogen-bond acceptors (Lipinski definition) is 4. The fourth-order valence-corrected chi connectivity index (χ4v) is 1.27. The quantitative estimate of drug-likeness (QED) is 0.610. The molecule has 4 nitrogen and oxygen atoms in total. The van der Waals surface area contributed by atoms with Crippen molar-refractivity contribution in [1.82, 2.24) is 0 Å². The van der Waals surface area contributed by atoms with Crippen molar-refractivity contribution < 1.29 is 14.3 Å². The molecule has 1 atom stereocenters. The number of nitrogens with two attached hydrogens (primary N) is 1. The van der Waals surface area contributed by atoms with Gasteiger partial charge in [-0.15, -0.1) is 0 Å². The van der Waals surface area contributed by atoms with E-state index in [0.29, 0.717) is 6.42 Å². The van der Waals surface area contributed by atoms with Gasteiger partial charge in [-0.05, 0) is 12.8 Å². The molecule has 0 unspecified atom stereocenters. The van der Waals surface area contributed by atoms with Gasteiger partial charge in [0.1, 0.15) is 6.04 Å². The van der Waals surface area contributed by atoms with Crippen LogP contribution in [-0.4, -0.2) is 31.8 Å². The Labute approximate surface area is 72.0 Å². The number of methoxy groups -OCH3 is 2. The van der Waals surface area contributed by atoms with E-state index < -0.39 is 6.04 Å². The molecule has 0 aliphatic heterocycles. The van der Waals surface area contributed by atoms with Crippen LogP contribution in [0, 0.1) is 0 Å². The van der Waals surface area contributed by atoms with Gasteiger partial charge < -0.3 is 15.2 Å². The van der Waals surface area contributed by atoms with Crippen molar-refractivity contribution in [3.63, 3.8) is 0 Å². The van der Waals surface area contributed by atoms with E-state index in [9.17, 15) is 4.79 Å². The van der Waals surface area contributed by atoms with Crippen LogP contribution >= 0.6 is 0 Å². The minimum absolute atomic E-state index is 0.131. The Balaban J connectivity index is 2.35. The molecular formula is C8H15NO3. The molecule has 12 heavy (non-hydrogen) atoms. The smallest absolute Gasteiger partial charge is 0.322 e. The first-order valence-corrected chi connectivity index (χ1v) is 4.02. The highest BCUT2D eigenvalue weighted by Gasteiger charge is 2.45. The van der Waals surface area contributed by atoms with Crippen LogP contribution in [0.1, 0.15) is 19.3 Å². The van der Waals surface area contributed by atoms with Crippen LogP contribution in [0.3, 0.4) is 0 Å². The Hall–Kier alpha value is -0.610. The summed E-state index contributed by atoms with van der Waals surface area (Å²) in [6, 6.07) is -0.544. The third-order valence-electron chi connectivity index (χ3n) is 2.34. The lowest BCUT2D eigenvalue weighted by atomic mass is 10.1. The van der Waals surface area contributed by atoms with Crippen molar-refractivity contribution in [3.8, 4) is 0 Å². The lowest BCUT2D eigenvalue weighted by Crippen LogP contribution is -2.36. The maximum Gasteiger partial charge on any atom is 0.322 e. The molecule has 1 rings (SSSR count).